The normalized spacial score (nSPS) is 21.5. The molecule has 0 aromatic rings. The van der Waals surface area contributed by atoms with Crippen LogP contribution < -0.4 is 0 Å². The molecule has 0 unspecified atom stereocenters. The summed E-state index contributed by atoms with van der Waals surface area (Å²) in [7, 11) is 1.35. The van der Waals surface area contributed by atoms with Gasteiger partial charge in [-0.15, -0.1) is 0 Å². The lowest BCUT2D eigenvalue weighted by Gasteiger charge is -2.35. The van der Waals surface area contributed by atoms with Crippen LogP contribution in [0.2, 0.25) is 0 Å². The van der Waals surface area contributed by atoms with E-state index < -0.39 is 5.41 Å². The third-order valence-electron chi connectivity index (χ3n) is 2.38. The summed E-state index contributed by atoms with van der Waals surface area (Å²) in [6.45, 7) is 4.64. The van der Waals surface area contributed by atoms with Gasteiger partial charge >= 0.3 is 6.09 Å². The molecule has 13 heavy (non-hydrogen) atoms. The molecule has 0 aromatic carbocycles. The fourth-order valence-electron chi connectivity index (χ4n) is 1.50. The number of likely N-dealkylation sites (tertiary alicyclic amines) is 1. The van der Waals surface area contributed by atoms with Gasteiger partial charge in [-0.05, 0) is 0 Å². The number of amides is 1. The molecule has 1 rings (SSSR count). The summed E-state index contributed by atoms with van der Waals surface area (Å²) in [5.74, 6) is 0.215. The van der Waals surface area contributed by atoms with Crippen molar-refractivity contribution in [3.05, 3.63) is 0 Å². The van der Waals surface area contributed by atoms with Gasteiger partial charge < -0.3 is 9.64 Å². The summed E-state index contributed by atoms with van der Waals surface area (Å²) in [5.41, 5.74) is -0.424. The number of ether oxygens (including phenoxy) is 1. The lowest BCUT2D eigenvalue weighted by Crippen LogP contribution is -2.48. The van der Waals surface area contributed by atoms with Gasteiger partial charge in [0.05, 0.1) is 7.11 Å². The van der Waals surface area contributed by atoms with Crippen LogP contribution in [-0.2, 0) is 9.53 Å². The monoisotopic (exact) mass is 185 g/mol. The molecule has 1 fully saturated rings. The Hall–Kier alpha value is -1.06. The summed E-state index contributed by atoms with van der Waals surface area (Å²) in [6.07, 6.45) is 0.0859. The van der Waals surface area contributed by atoms with Gasteiger partial charge in [0.1, 0.15) is 5.78 Å². The van der Waals surface area contributed by atoms with Crippen LogP contribution in [0.4, 0.5) is 4.79 Å². The van der Waals surface area contributed by atoms with Gasteiger partial charge in [-0.3, -0.25) is 4.79 Å². The Bertz CT molecular complexity index is 235. The largest absolute Gasteiger partial charge is 0.453 e. The summed E-state index contributed by atoms with van der Waals surface area (Å²) in [4.78, 5) is 24.1. The fraction of sp³-hybridized carbons (Fsp3) is 0.778. The van der Waals surface area contributed by atoms with E-state index in [1.165, 1.54) is 7.11 Å². The second-order valence-electron chi connectivity index (χ2n) is 3.95. The van der Waals surface area contributed by atoms with E-state index in [1.54, 1.807) is 4.90 Å². The molecule has 4 heteroatoms. The van der Waals surface area contributed by atoms with E-state index in [1.807, 2.05) is 13.8 Å². The van der Waals surface area contributed by atoms with Crippen molar-refractivity contribution in [2.75, 3.05) is 20.2 Å². The molecule has 1 aliphatic heterocycles. The summed E-state index contributed by atoms with van der Waals surface area (Å²) >= 11 is 0. The number of piperidine rings is 1. The third-order valence-corrected chi connectivity index (χ3v) is 2.38. The quantitative estimate of drug-likeness (QED) is 0.566. The molecule has 0 bridgehead atoms. The molecule has 0 aromatic heterocycles. The highest BCUT2D eigenvalue weighted by molar-refractivity contribution is 5.86. The minimum absolute atomic E-state index is 0.215. The Kier molecular flexibility index (Phi) is 2.59. The lowest BCUT2D eigenvalue weighted by molar-refractivity contribution is -0.130. The minimum Gasteiger partial charge on any atom is -0.453 e. The number of nitrogens with zero attached hydrogens (tertiary/aromatic N) is 1. The van der Waals surface area contributed by atoms with Gasteiger partial charge in [-0.1, -0.05) is 13.8 Å². The van der Waals surface area contributed by atoms with Gasteiger partial charge in [0.25, 0.3) is 0 Å². The summed E-state index contributed by atoms with van der Waals surface area (Å²) in [6, 6.07) is 0. The highest BCUT2D eigenvalue weighted by Crippen LogP contribution is 2.25. The van der Waals surface area contributed by atoms with E-state index in [-0.39, 0.29) is 11.9 Å². The fourth-order valence-corrected chi connectivity index (χ4v) is 1.50. The molecule has 0 aliphatic carbocycles. The zero-order chi connectivity index (χ0) is 10.1. The second-order valence-corrected chi connectivity index (χ2v) is 3.95. The number of methoxy groups -OCH3 is 1. The lowest BCUT2D eigenvalue weighted by atomic mass is 9.83. The van der Waals surface area contributed by atoms with Crippen molar-refractivity contribution in [3.8, 4) is 0 Å². The Balaban J connectivity index is 2.66. The molecular formula is C9H15NO3. The van der Waals surface area contributed by atoms with Crippen LogP contribution in [0.3, 0.4) is 0 Å². The topological polar surface area (TPSA) is 46.6 Å². The Morgan fingerprint density at radius 1 is 1.54 bits per heavy atom. The third kappa shape index (κ3) is 1.99. The molecule has 0 atom stereocenters. The van der Waals surface area contributed by atoms with Crippen molar-refractivity contribution in [3.63, 3.8) is 0 Å². The molecule has 74 valence electrons. The summed E-state index contributed by atoms with van der Waals surface area (Å²) < 4.78 is 4.59. The maximum absolute atomic E-state index is 11.4. The highest BCUT2D eigenvalue weighted by atomic mass is 16.5. The number of carbonyl (C=O) groups is 2. The Labute approximate surface area is 77.8 Å². The average molecular weight is 185 g/mol. The molecule has 0 N–H and O–H groups in total. The predicted octanol–water partition coefficient (Wildman–Crippen LogP) is 1.05. The molecular weight excluding hydrogens is 170 g/mol. The summed E-state index contributed by atoms with van der Waals surface area (Å²) in [5, 5.41) is 0. The van der Waals surface area contributed by atoms with Crippen LogP contribution in [0.15, 0.2) is 0 Å². The molecule has 1 amide bonds. The van der Waals surface area contributed by atoms with Crippen molar-refractivity contribution in [2.24, 2.45) is 5.41 Å². The number of ketones is 1. The van der Waals surface area contributed by atoms with Crippen molar-refractivity contribution in [1.82, 2.24) is 4.90 Å². The molecule has 1 heterocycles. The number of hydrogen-bond donors (Lipinski definition) is 0. The van der Waals surface area contributed by atoms with Crippen LogP contribution >= 0.6 is 0 Å². The smallest absolute Gasteiger partial charge is 0.409 e. The van der Waals surface area contributed by atoms with Gasteiger partial charge in [-0.2, -0.15) is 0 Å². The molecule has 4 nitrogen and oxygen atoms in total. The highest BCUT2D eigenvalue weighted by Gasteiger charge is 2.36. The van der Waals surface area contributed by atoms with Crippen LogP contribution in [-0.4, -0.2) is 37.0 Å². The van der Waals surface area contributed by atoms with Crippen LogP contribution in [0.5, 0.6) is 0 Å². The second kappa shape index (κ2) is 3.36. The van der Waals surface area contributed by atoms with Crippen LogP contribution in [0, 0.1) is 5.41 Å². The minimum atomic E-state index is -0.424. The molecule has 1 aliphatic rings. The maximum Gasteiger partial charge on any atom is 0.409 e. The van der Waals surface area contributed by atoms with E-state index in [0.29, 0.717) is 19.5 Å². The van der Waals surface area contributed by atoms with Crippen LogP contribution in [0.25, 0.3) is 0 Å². The Morgan fingerprint density at radius 3 is 2.62 bits per heavy atom. The van der Waals surface area contributed by atoms with E-state index in [9.17, 15) is 9.59 Å². The average Bonchev–Trinajstić information content (AvgIpc) is 2.08. The number of Topliss-reactive ketones (excluding diaryl/α,β-unsaturated/α-hetero) is 1. The van der Waals surface area contributed by atoms with E-state index in [2.05, 4.69) is 4.74 Å². The van der Waals surface area contributed by atoms with Gasteiger partial charge in [0.2, 0.25) is 0 Å². The van der Waals surface area contributed by atoms with Crippen molar-refractivity contribution >= 4 is 11.9 Å². The first-order valence-electron chi connectivity index (χ1n) is 4.33. The van der Waals surface area contributed by atoms with Gasteiger partial charge in [-0.25, -0.2) is 4.79 Å². The van der Waals surface area contributed by atoms with Gasteiger partial charge in [0, 0.05) is 24.9 Å². The van der Waals surface area contributed by atoms with Gasteiger partial charge in [0.15, 0.2) is 0 Å². The zero-order valence-electron chi connectivity index (χ0n) is 8.29. The number of rotatable bonds is 0. The van der Waals surface area contributed by atoms with Crippen molar-refractivity contribution in [1.29, 1.82) is 0 Å². The van der Waals surface area contributed by atoms with E-state index in [4.69, 9.17) is 0 Å². The number of hydrogen-bond acceptors (Lipinski definition) is 3. The predicted molar refractivity (Wildman–Crippen MR) is 47.4 cm³/mol. The standard InChI is InChI=1S/C9H15NO3/c1-9(2)6-10(8(12)13-3)5-4-7(9)11/h4-6H2,1-3H3. The van der Waals surface area contributed by atoms with E-state index in [0.717, 1.165) is 0 Å². The van der Waals surface area contributed by atoms with E-state index >= 15 is 0 Å². The molecule has 1 saturated heterocycles. The zero-order valence-corrected chi connectivity index (χ0v) is 8.29. The number of carbonyl (C=O) groups excluding carboxylic acids is 2. The molecule has 0 radical (unpaired) electrons. The first kappa shape index (κ1) is 10.0. The SMILES string of the molecule is COC(=O)N1CCC(=O)C(C)(C)C1. The van der Waals surface area contributed by atoms with Crippen molar-refractivity contribution in [2.45, 2.75) is 20.3 Å². The van der Waals surface area contributed by atoms with Crippen LogP contribution in [0.1, 0.15) is 20.3 Å². The maximum atomic E-state index is 11.4. The Morgan fingerprint density at radius 2 is 2.15 bits per heavy atom. The molecule has 0 saturated carbocycles. The first-order chi connectivity index (χ1) is 5.97. The first-order valence-corrected chi connectivity index (χ1v) is 4.33. The van der Waals surface area contributed by atoms with Crippen molar-refractivity contribution < 1.29 is 14.3 Å². The molecule has 0 spiro atoms.